The van der Waals surface area contributed by atoms with Crippen molar-refractivity contribution >= 4 is 35.8 Å². The van der Waals surface area contributed by atoms with Crippen LogP contribution < -0.4 is 5.32 Å². The minimum absolute atomic E-state index is 0. The Bertz CT molecular complexity index is 878. The lowest BCUT2D eigenvalue weighted by molar-refractivity contribution is -0.387. The summed E-state index contributed by atoms with van der Waals surface area (Å²) < 4.78 is 1.69. The molecule has 28 heavy (non-hydrogen) atoms. The fourth-order valence-electron chi connectivity index (χ4n) is 3.81. The van der Waals surface area contributed by atoms with Gasteiger partial charge in [-0.25, -0.2) is 0 Å². The Morgan fingerprint density at radius 3 is 2.82 bits per heavy atom. The SMILES string of the molecule is Cl.Cn1cnnc1Sc1ccc(C(=O)N2C3CCNCC2CC3)cc1[N+](=O)[O-]. The molecule has 2 unspecified atom stereocenters. The number of amides is 1. The quantitative estimate of drug-likeness (QED) is 0.592. The van der Waals surface area contributed by atoms with Crippen molar-refractivity contribution in [3.05, 3.63) is 40.2 Å². The Balaban J connectivity index is 0.00000225. The first kappa shape index (κ1) is 20.6. The monoisotopic (exact) mass is 424 g/mol. The van der Waals surface area contributed by atoms with Gasteiger partial charge in [0.2, 0.25) is 0 Å². The Kier molecular flexibility index (Phi) is 6.21. The van der Waals surface area contributed by atoms with Crippen molar-refractivity contribution in [1.82, 2.24) is 25.0 Å². The van der Waals surface area contributed by atoms with Crippen LogP contribution in [-0.2, 0) is 7.05 Å². The fourth-order valence-corrected chi connectivity index (χ4v) is 4.66. The van der Waals surface area contributed by atoms with E-state index >= 15 is 0 Å². The first-order chi connectivity index (χ1) is 13.0. The molecule has 2 aliphatic heterocycles. The van der Waals surface area contributed by atoms with Gasteiger partial charge in [-0.1, -0.05) is 0 Å². The van der Waals surface area contributed by atoms with E-state index in [4.69, 9.17) is 0 Å². The topological polar surface area (TPSA) is 106 Å². The number of benzene rings is 1. The summed E-state index contributed by atoms with van der Waals surface area (Å²) in [7, 11) is 1.77. The molecule has 2 aliphatic rings. The molecule has 1 N–H and O–H groups in total. The Labute approximate surface area is 172 Å². The maximum Gasteiger partial charge on any atom is 0.284 e. The number of aromatic nitrogens is 3. The average Bonchev–Trinajstić information content (AvgIpc) is 3.16. The van der Waals surface area contributed by atoms with E-state index in [1.54, 1.807) is 23.7 Å². The lowest BCUT2D eigenvalue weighted by Crippen LogP contribution is -2.42. The molecular weight excluding hydrogens is 404 g/mol. The summed E-state index contributed by atoms with van der Waals surface area (Å²) in [4.78, 5) is 26.6. The number of nitro groups is 1. The van der Waals surface area contributed by atoms with Gasteiger partial charge >= 0.3 is 0 Å². The molecule has 9 nitrogen and oxygen atoms in total. The van der Waals surface area contributed by atoms with E-state index in [1.807, 2.05) is 4.90 Å². The van der Waals surface area contributed by atoms with E-state index in [9.17, 15) is 14.9 Å². The number of nitro benzene ring substituents is 1. The van der Waals surface area contributed by atoms with Gasteiger partial charge in [0.15, 0.2) is 5.16 Å². The van der Waals surface area contributed by atoms with E-state index < -0.39 is 4.92 Å². The molecule has 0 radical (unpaired) electrons. The zero-order valence-corrected chi connectivity index (χ0v) is 16.9. The summed E-state index contributed by atoms with van der Waals surface area (Å²) in [5.41, 5.74) is 0.275. The van der Waals surface area contributed by atoms with Gasteiger partial charge in [0.1, 0.15) is 6.33 Å². The third-order valence-electron chi connectivity index (χ3n) is 5.16. The van der Waals surface area contributed by atoms with Crippen LogP contribution in [0.2, 0.25) is 0 Å². The lowest BCUT2D eigenvalue weighted by atomic mass is 10.1. The van der Waals surface area contributed by atoms with Crippen LogP contribution in [0.15, 0.2) is 34.6 Å². The second-order valence-electron chi connectivity index (χ2n) is 6.86. The highest BCUT2D eigenvalue weighted by Gasteiger charge is 2.38. The predicted molar refractivity (Wildman–Crippen MR) is 106 cm³/mol. The first-order valence-electron chi connectivity index (χ1n) is 8.88. The van der Waals surface area contributed by atoms with Crippen molar-refractivity contribution in [3.8, 4) is 0 Å². The third kappa shape index (κ3) is 3.85. The van der Waals surface area contributed by atoms with Crippen LogP contribution in [0.4, 0.5) is 5.69 Å². The normalized spacial score (nSPS) is 21.1. The molecule has 1 aromatic carbocycles. The maximum absolute atomic E-state index is 13.1. The van der Waals surface area contributed by atoms with Crippen LogP contribution in [0, 0.1) is 10.1 Å². The number of halogens is 1. The van der Waals surface area contributed by atoms with Crippen LogP contribution >= 0.6 is 24.2 Å². The number of hydrogen-bond acceptors (Lipinski definition) is 7. The second-order valence-corrected chi connectivity index (χ2v) is 7.87. The van der Waals surface area contributed by atoms with Gasteiger partial charge in [0, 0.05) is 37.3 Å². The number of rotatable bonds is 4. The molecule has 1 aromatic heterocycles. The van der Waals surface area contributed by atoms with E-state index in [1.165, 1.54) is 12.4 Å². The Morgan fingerprint density at radius 2 is 2.11 bits per heavy atom. The molecule has 11 heteroatoms. The van der Waals surface area contributed by atoms with Crippen molar-refractivity contribution in [3.63, 3.8) is 0 Å². The number of carbonyl (C=O) groups excluding carboxylic acids is 1. The highest BCUT2D eigenvalue weighted by molar-refractivity contribution is 7.99. The van der Waals surface area contributed by atoms with Gasteiger partial charge in [-0.05, 0) is 49.7 Å². The molecule has 3 heterocycles. The number of nitrogens with zero attached hydrogens (tertiary/aromatic N) is 5. The van der Waals surface area contributed by atoms with E-state index in [0.29, 0.717) is 15.6 Å². The molecular formula is C17H21ClN6O3S. The number of aryl methyl sites for hydroxylation is 1. The van der Waals surface area contributed by atoms with Gasteiger partial charge in [-0.3, -0.25) is 14.9 Å². The van der Waals surface area contributed by atoms with Crippen molar-refractivity contribution < 1.29 is 9.72 Å². The summed E-state index contributed by atoms with van der Waals surface area (Å²) in [6.45, 7) is 1.68. The fraction of sp³-hybridized carbons (Fsp3) is 0.471. The van der Waals surface area contributed by atoms with Crippen molar-refractivity contribution in [1.29, 1.82) is 0 Å². The highest BCUT2D eigenvalue weighted by Crippen LogP contribution is 2.35. The molecule has 0 spiro atoms. The second kappa shape index (κ2) is 8.46. The Morgan fingerprint density at radius 1 is 1.32 bits per heavy atom. The summed E-state index contributed by atoms with van der Waals surface area (Å²) in [6.07, 6.45) is 4.44. The number of nitrogens with one attached hydrogen (secondary N) is 1. The van der Waals surface area contributed by atoms with Crippen molar-refractivity contribution in [2.45, 2.75) is 41.4 Å². The largest absolute Gasteiger partial charge is 0.331 e. The maximum atomic E-state index is 13.1. The average molecular weight is 425 g/mol. The summed E-state index contributed by atoms with van der Waals surface area (Å²) >= 11 is 1.16. The van der Waals surface area contributed by atoms with Gasteiger partial charge in [-0.2, -0.15) is 0 Å². The van der Waals surface area contributed by atoms with Crippen LogP contribution in [0.5, 0.6) is 0 Å². The van der Waals surface area contributed by atoms with Gasteiger partial charge < -0.3 is 14.8 Å². The zero-order chi connectivity index (χ0) is 19.0. The Hall–Kier alpha value is -2.17. The van der Waals surface area contributed by atoms with Crippen LogP contribution in [0.25, 0.3) is 0 Å². The molecule has 2 aromatic rings. The van der Waals surface area contributed by atoms with Crippen LogP contribution in [-0.4, -0.2) is 55.7 Å². The third-order valence-corrected chi connectivity index (χ3v) is 6.28. The van der Waals surface area contributed by atoms with Crippen molar-refractivity contribution in [2.75, 3.05) is 13.1 Å². The van der Waals surface area contributed by atoms with Gasteiger partial charge in [-0.15, -0.1) is 22.6 Å². The standard InChI is InChI=1S/C17H20N6O3S.ClH/c1-21-10-19-20-17(21)27-15-5-2-11(8-14(15)23(25)26)16(24)22-12-3-4-13(22)9-18-7-6-12;/h2,5,8,10,12-13,18H,3-4,6-7,9H2,1H3;1H. The molecule has 150 valence electrons. The molecule has 2 fully saturated rings. The smallest absolute Gasteiger partial charge is 0.284 e. The molecule has 2 atom stereocenters. The zero-order valence-electron chi connectivity index (χ0n) is 15.3. The highest BCUT2D eigenvalue weighted by atomic mass is 35.5. The van der Waals surface area contributed by atoms with Crippen LogP contribution in [0.3, 0.4) is 0 Å². The lowest BCUT2D eigenvalue weighted by Gasteiger charge is -2.28. The molecule has 0 saturated carbocycles. The van der Waals surface area contributed by atoms with E-state index in [-0.39, 0.29) is 36.1 Å². The number of carbonyl (C=O) groups is 1. The van der Waals surface area contributed by atoms with E-state index in [0.717, 1.165) is 44.1 Å². The first-order valence-corrected chi connectivity index (χ1v) is 9.70. The molecule has 0 aliphatic carbocycles. The predicted octanol–water partition coefficient (Wildman–Crippen LogP) is 2.26. The molecule has 2 saturated heterocycles. The summed E-state index contributed by atoms with van der Waals surface area (Å²) in [5, 5.41) is 23.2. The molecule has 1 amide bonds. The number of hydrogen-bond donors (Lipinski definition) is 1. The van der Waals surface area contributed by atoms with Gasteiger partial charge in [0.05, 0.1) is 9.82 Å². The van der Waals surface area contributed by atoms with Crippen LogP contribution in [0.1, 0.15) is 29.6 Å². The summed E-state index contributed by atoms with van der Waals surface area (Å²) in [6, 6.07) is 5.06. The number of fused-ring (bicyclic) bond motifs is 2. The van der Waals surface area contributed by atoms with Gasteiger partial charge in [0.25, 0.3) is 11.6 Å². The minimum Gasteiger partial charge on any atom is -0.331 e. The molecule has 2 bridgehead atoms. The summed E-state index contributed by atoms with van der Waals surface area (Å²) in [5.74, 6) is -0.121. The molecule has 4 rings (SSSR count). The van der Waals surface area contributed by atoms with E-state index in [2.05, 4.69) is 15.5 Å². The van der Waals surface area contributed by atoms with Crippen molar-refractivity contribution in [2.24, 2.45) is 7.05 Å². The minimum atomic E-state index is -0.450.